The molecule has 2 N–H and O–H groups in total. The van der Waals surface area contributed by atoms with Gasteiger partial charge in [0.1, 0.15) is 0 Å². The summed E-state index contributed by atoms with van der Waals surface area (Å²) in [6, 6.07) is 13.7. The average molecular weight is 385 g/mol. The van der Waals surface area contributed by atoms with Crippen LogP contribution in [0.4, 0.5) is 0 Å². The molecule has 1 saturated heterocycles. The van der Waals surface area contributed by atoms with Gasteiger partial charge < -0.3 is 10.6 Å². The molecule has 1 aromatic heterocycles. The number of rotatable bonds is 6. The largest absolute Gasteiger partial charge is 0.356 e. The Bertz CT molecular complexity index is 718. The number of aryl methyl sites for hydroxylation is 1. The minimum Gasteiger partial charge on any atom is -0.356 e. The minimum absolute atomic E-state index is 0.500. The van der Waals surface area contributed by atoms with Crippen LogP contribution in [-0.2, 0) is 6.54 Å². The lowest BCUT2D eigenvalue weighted by Gasteiger charge is -2.33. The zero-order valence-electron chi connectivity index (χ0n) is 16.7. The molecule has 1 unspecified atom stereocenters. The Morgan fingerprint density at radius 3 is 2.74 bits per heavy atom. The Hall–Kier alpha value is -1.85. The summed E-state index contributed by atoms with van der Waals surface area (Å²) < 4.78 is 0. The Morgan fingerprint density at radius 1 is 1.26 bits per heavy atom. The predicted molar refractivity (Wildman–Crippen MR) is 117 cm³/mol. The number of aliphatic imine (C=N–C) groups is 1. The van der Waals surface area contributed by atoms with Crippen LogP contribution in [-0.4, -0.2) is 43.6 Å². The van der Waals surface area contributed by atoms with E-state index in [0.717, 1.165) is 45.0 Å². The van der Waals surface area contributed by atoms with Crippen LogP contribution in [0.25, 0.3) is 0 Å². The Labute approximate surface area is 167 Å². The third-order valence-electron chi connectivity index (χ3n) is 5.25. The second-order valence-corrected chi connectivity index (χ2v) is 8.53. The van der Waals surface area contributed by atoms with Crippen LogP contribution in [0.2, 0.25) is 0 Å². The first-order valence-electron chi connectivity index (χ1n) is 9.92. The lowest BCUT2D eigenvalue weighted by molar-refractivity contribution is 0.198. The number of benzene rings is 1. The van der Waals surface area contributed by atoms with Crippen molar-refractivity contribution in [3.05, 3.63) is 57.8 Å². The van der Waals surface area contributed by atoms with Crippen LogP contribution in [0.1, 0.15) is 41.7 Å². The highest BCUT2D eigenvalue weighted by atomic mass is 32.1. The second kappa shape index (κ2) is 9.90. The van der Waals surface area contributed by atoms with Gasteiger partial charge in [0.2, 0.25) is 0 Å². The van der Waals surface area contributed by atoms with Gasteiger partial charge in [0.25, 0.3) is 0 Å². The van der Waals surface area contributed by atoms with Crippen LogP contribution in [0.15, 0.2) is 46.8 Å². The zero-order chi connectivity index (χ0) is 19.1. The summed E-state index contributed by atoms with van der Waals surface area (Å²) in [4.78, 5) is 8.39. The van der Waals surface area contributed by atoms with E-state index in [-0.39, 0.29) is 0 Å². The lowest BCUT2D eigenvalue weighted by Crippen LogP contribution is -2.49. The second-order valence-electron chi connectivity index (χ2n) is 7.55. The van der Waals surface area contributed by atoms with Crippen molar-refractivity contribution in [3.63, 3.8) is 0 Å². The quantitative estimate of drug-likeness (QED) is 0.584. The predicted octanol–water partition coefficient (Wildman–Crippen LogP) is 3.99. The topological polar surface area (TPSA) is 39.7 Å². The van der Waals surface area contributed by atoms with Gasteiger partial charge in [0.15, 0.2) is 5.96 Å². The van der Waals surface area contributed by atoms with Crippen molar-refractivity contribution in [2.75, 3.05) is 26.7 Å². The van der Waals surface area contributed by atoms with Gasteiger partial charge in [-0.15, -0.1) is 11.3 Å². The molecule has 3 rings (SSSR count). The molecule has 0 saturated carbocycles. The number of hydrogen-bond donors (Lipinski definition) is 2. The fourth-order valence-corrected chi connectivity index (χ4v) is 4.40. The molecule has 0 spiro atoms. The van der Waals surface area contributed by atoms with Crippen LogP contribution in [0.5, 0.6) is 0 Å². The van der Waals surface area contributed by atoms with Crippen molar-refractivity contribution in [1.29, 1.82) is 0 Å². The average Bonchev–Trinajstić information content (AvgIpc) is 3.21. The summed E-state index contributed by atoms with van der Waals surface area (Å²) >= 11 is 1.82. The third kappa shape index (κ3) is 6.08. The van der Waals surface area contributed by atoms with Crippen molar-refractivity contribution in [1.82, 2.24) is 15.5 Å². The summed E-state index contributed by atoms with van der Waals surface area (Å²) in [5.41, 5.74) is 2.76. The molecule has 2 aromatic rings. The monoisotopic (exact) mass is 384 g/mol. The van der Waals surface area contributed by atoms with Gasteiger partial charge in [-0.05, 0) is 36.8 Å². The van der Waals surface area contributed by atoms with E-state index in [4.69, 9.17) is 0 Å². The molecule has 27 heavy (non-hydrogen) atoms. The highest BCUT2D eigenvalue weighted by Crippen LogP contribution is 2.19. The van der Waals surface area contributed by atoms with E-state index in [9.17, 15) is 0 Å². The SMILES string of the molecule is CN=C(NCC(C)c1cccs1)NC1CCN(Cc2cccc(C)c2)CC1. The van der Waals surface area contributed by atoms with Crippen LogP contribution in [0.3, 0.4) is 0 Å². The molecule has 1 aromatic carbocycles. The molecule has 1 aliphatic heterocycles. The lowest BCUT2D eigenvalue weighted by atomic mass is 10.0. The maximum Gasteiger partial charge on any atom is 0.191 e. The summed E-state index contributed by atoms with van der Waals surface area (Å²) in [6.45, 7) is 8.65. The number of nitrogens with zero attached hydrogens (tertiary/aromatic N) is 2. The molecule has 0 bridgehead atoms. The molecular formula is C22H32N4S. The van der Waals surface area contributed by atoms with Gasteiger partial charge in [0.05, 0.1) is 0 Å². The van der Waals surface area contributed by atoms with Crippen LogP contribution in [0, 0.1) is 6.92 Å². The van der Waals surface area contributed by atoms with Gasteiger partial charge in [-0.25, -0.2) is 0 Å². The number of piperidine rings is 1. The molecule has 1 atom stereocenters. The third-order valence-corrected chi connectivity index (χ3v) is 6.35. The Kier molecular flexibility index (Phi) is 7.30. The van der Waals surface area contributed by atoms with E-state index in [1.54, 1.807) is 0 Å². The van der Waals surface area contributed by atoms with E-state index in [1.165, 1.54) is 16.0 Å². The molecular weight excluding hydrogens is 352 g/mol. The first kappa shape index (κ1) is 19.9. The molecule has 2 heterocycles. The molecule has 0 radical (unpaired) electrons. The normalized spacial score (nSPS) is 17.7. The van der Waals surface area contributed by atoms with E-state index < -0.39 is 0 Å². The Morgan fingerprint density at radius 2 is 2.07 bits per heavy atom. The van der Waals surface area contributed by atoms with Crippen molar-refractivity contribution >= 4 is 17.3 Å². The molecule has 0 aliphatic carbocycles. The van der Waals surface area contributed by atoms with Gasteiger partial charge in [-0.1, -0.05) is 42.8 Å². The molecule has 4 nitrogen and oxygen atoms in total. The number of nitrogens with one attached hydrogen (secondary N) is 2. The summed E-state index contributed by atoms with van der Waals surface area (Å²) in [7, 11) is 1.86. The van der Waals surface area contributed by atoms with E-state index in [1.807, 2.05) is 18.4 Å². The Balaban J connectivity index is 1.41. The van der Waals surface area contributed by atoms with Gasteiger partial charge in [-0.2, -0.15) is 0 Å². The van der Waals surface area contributed by atoms with Gasteiger partial charge in [0, 0.05) is 50.1 Å². The highest BCUT2D eigenvalue weighted by molar-refractivity contribution is 7.10. The zero-order valence-corrected chi connectivity index (χ0v) is 17.6. The van der Waals surface area contributed by atoms with Crippen molar-refractivity contribution in [2.45, 2.75) is 45.2 Å². The van der Waals surface area contributed by atoms with Crippen molar-refractivity contribution < 1.29 is 0 Å². The first-order chi connectivity index (χ1) is 13.1. The van der Waals surface area contributed by atoms with Gasteiger partial charge >= 0.3 is 0 Å². The summed E-state index contributed by atoms with van der Waals surface area (Å²) in [5.74, 6) is 1.43. The molecule has 1 fully saturated rings. The first-order valence-corrected chi connectivity index (χ1v) is 10.8. The molecule has 0 amide bonds. The van der Waals surface area contributed by atoms with E-state index in [0.29, 0.717) is 12.0 Å². The fourth-order valence-electron chi connectivity index (χ4n) is 3.61. The number of guanidine groups is 1. The van der Waals surface area contributed by atoms with Crippen molar-refractivity contribution in [3.8, 4) is 0 Å². The van der Waals surface area contributed by atoms with Gasteiger partial charge in [-0.3, -0.25) is 9.89 Å². The van der Waals surface area contributed by atoms with E-state index in [2.05, 4.69) is 76.2 Å². The molecule has 146 valence electrons. The maximum atomic E-state index is 4.42. The minimum atomic E-state index is 0.500. The molecule has 1 aliphatic rings. The molecule has 5 heteroatoms. The highest BCUT2D eigenvalue weighted by Gasteiger charge is 2.20. The van der Waals surface area contributed by atoms with Crippen LogP contribution >= 0.6 is 11.3 Å². The summed E-state index contributed by atoms with van der Waals surface area (Å²) in [5, 5.41) is 9.25. The van der Waals surface area contributed by atoms with Crippen molar-refractivity contribution in [2.24, 2.45) is 4.99 Å². The number of thiophene rings is 1. The maximum absolute atomic E-state index is 4.42. The summed E-state index contributed by atoms with van der Waals surface area (Å²) in [6.07, 6.45) is 2.32. The van der Waals surface area contributed by atoms with E-state index >= 15 is 0 Å². The standard InChI is InChI=1S/C22H32N4S/c1-17-6-4-7-19(14-17)16-26-11-9-20(10-12-26)25-22(23-3)24-15-18(2)21-8-5-13-27-21/h4-8,13-14,18,20H,9-12,15-16H2,1-3H3,(H2,23,24,25). The fraction of sp³-hybridized carbons (Fsp3) is 0.500. The van der Waals surface area contributed by atoms with Crippen LogP contribution < -0.4 is 10.6 Å². The smallest absolute Gasteiger partial charge is 0.191 e. The number of hydrogen-bond acceptors (Lipinski definition) is 3. The number of likely N-dealkylation sites (tertiary alicyclic amines) is 1.